The number of β-amino-alcohol motifs (C(OH)–C–C–N with tert-alkyl or cyclic N) is 1. The molecule has 0 unspecified atom stereocenters. The molecule has 6 heteroatoms. The molecular weight excluding hydrogens is 258 g/mol. The van der Waals surface area contributed by atoms with Crippen LogP contribution in [0.4, 0.5) is 0 Å². The third-order valence-electron chi connectivity index (χ3n) is 3.44. The van der Waals surface area contributed by atoms with Gasteiger partial charge in [0.2, 0.25) is 0 Å². The van der Waals surface area contributed by atoms with Crippen molar-refractivity contribution < 1.29 is 15.0 Å². The highest BCUT2D eigenvalue weighted by molar-refractivity contribution is 5.94. The summed E-state index contributed by atoms with van der Waals surface area (Å²) in [6.07, 6.45) is 2.88. The number of piperidine rings is 1. The summed E-state index contributed by atoms with van der Waals surface area (Å²) in [4.78, 5) is 19.8. The molecule has 1 atom stereocenters. The predicted octanol–water partition coefficient (Wildman–Crippen LogP) is 0.316. The van der Waals surface area contributed by atoms with Crippen LogP contribution in [-0.2, 0) is 0 Å². The van der Waals surface area contributed by atoms with Crippen molar-refractivity contribution in [1.82, 2.24) is 14.8 Å². The lowest BCUT2D eigenvalue weighted by Crippen LogP contribution is -2.54. The first-order valence-electron chi connectivity index (χ1n) is 6.72. The van der Waals surface area contributed by atoms with Crippen LogP contribution in [0.15, 0.2) is 18.3 Å². The molecule has 2 N–H and O–H groups in total. The number of carbonyl (C=O) groups is 1. The number of rotatable bonds is 3. The third-order valence-corrected chi connectivity index (χ3v) is 3.44. The van der Waals surface area contributed by atoms with E-state index < -0.39 is 5.60 Å². The highest BCUT2D eigenvalue weighted by atomic mass is 16.3. The predicted molar refractivity (Wildman–Crippen MR) is 74.5 cm³/mol. The number of carbonyl (C=O) groups excluding carboxylic acids is 1. The zero-order valence-electron chi connectivity index (χ0n) is 11.9. The number of hydrogen-bond donors (Lipinski definition) is 2. The van der Waals surface area contributed by atoms with Crippen LogP contribution in [-0.4, -0.2) is 70.2 Å². The minimum absolute atomic E-state index is 0.0432. The summed E-state index contributed by atoms with van der Waals surface area (Å²) >= 11 is 0. The summed E-state index contributed by atoms with van der Waals surface area (Å²) in [7, 11) is 3.78. The van der Waals surface area contributed by atoms with Gasteiger partial charge in [0.15, 0.2) is 5.69 Å². The maximum absolute atomic E-state index is 12.4. The Balaban J connectivity index is 2.13. The van der Waals surface area contributed by atoms with Crippen LogP contribution in [0.5, 0.6) is 5.75 Å². The lowest BCUT2D eigenvalue weighted by atomic mass is 9.92. The molecule has 0 spiro atoms. The van der Waals surface area contributed by atoms with E-state index in [-0.39, 0.29) is 23.9 Å². The molecule has 1 saturated heterocycles. The van der Waals surface area contributed by atoms with Gasteiger partial charge in [-0.15, -0.1) is 0 Å². The fourth-order valence-electron chi connectivity index (χ4n) is 2.71. The van der Waals surface area contributed by atoms with Gasteiger partial charge in [0, 0.05) is 19.3 Å². The summed E-state index contributed by atoms with van der Waals surface area (Å²) in [6, 6.07) is 3.01. The van der Waals surface area contributed by atoms with Gasteiger partial charge in [-0.1, -0.05) is 0 Å². The fourth-order valence-corrected chi connectivity index (χ4v) is 2.71. The highest BCUT2D eigenvalue weighted by Crippen LogP contribution is 2.24. The second kappa shape index (κ2) is 5.76. The number of pyridine rings is 1. The first-order chi connectivity index (χ1) is 9.41. The van der Waals surface area contributed by atoms with Crippen molar-refractivity contribution in [2.24, 2.45) is 0 Å². The van der Waals surface area contributed by atoms with E-state index in [9.17, 15) is 15.0 Å². The Morgan fingerprint density at radius 2 is 2.30 bits per heavy atom. The molecule has 1 aromatic heterocycles. The van der Waals surface area contributed by atoms with Crippen LogP contribution < -0.4 is 0 Å². The first-order valence-corrected chi connectivity index (χ1v) is 6.72. The number of aromatic nitrogens is 1. The van der Waals surface area contributed by atoms with E-state index in [2.05, 4.69) is 4.98 Å². The maximum Gasteiger partial charge on any atom is 0.276 e. The van der Waals surface area contributed by atoms with Gasteiger partial charge in [0.25, 0.3) is 5.91 Å². The second-order valence-corrected chi connectivity index (χ2v) is 5.66. The number of aromatic hydroxyl groups is 1. The summed E-state index contributed by atoms with van der Waals surface area (Å²) < 4.78 is 0. The number of nitrogens with zero attached hydrogens (tertiary/aromatic N) is 3. The topological polar surface area (TPSA) is 76.9 Å². The molecule has 0 bridgehead atoms. The van der Waals surface area contributed by atoms with Gasteiger partial charge < -0.3 is 20.0 Å². The fraction of sp³-hybridized carbons (Fsp3) is 0.571. The maximum atomic E-state index is 12.4. The first kappa shape index (κ1) is 14.7. The standard InChI is InChI=1S/C14H21N3O3/c1-16(2)9-14(20)6-4-8-17(10-14)13(19)12-11(18)5-3-7-15-12/h3,5,7,18,20H,4,6,8-10H2,1-2H3/t14-/m1/s1. The summed E-state index contributed by atoms with van der Waals surface area (Å²) in [5.41, 5.74) is -0.858. The Kier molecular flexibility index (Phi) is 4.25. The lowest BCUT2D eigenvalue weighted by molar-refractivity contribution is -0.0393. The van der Waals surface area contributed by atoms with E-state index in [0.717, 1.165) is 6.42 Å². The average Bonchev–Trinajstić information content (AvgIpc) is 2.37. The van der Waals surface area contributed by atoms with Gasteiger partial charge >= 0.3 is 0 Å². The third kappa shape index (κ3) is 3.26. The van der Waals surface area contributed by atoms with Crippen molar-refractivity contribution in [1.29, 1.82) is 0 Å². The minimum atomic E-state index is -0.901. The van der Waals surface area contributed by atoms with Gasteiger partial charge in [0.1, 0.15) is 5.75 Å². The number of hydrogen-bond acceptors (Lipinski definition) is 5. The van der Waals surface area contributed by atoms with Crippen molar-refractivity contribution >= 4 is 5.91 Å². The Hall–Kier alpha value is -1.66. The van der Waals surface area contributed by atoms with E-state index in [4.69, 9.17) is 0 Å². The van der Waals surface area contributed by atoms with Crippen molar-refractivity contribution in [2.45, 2.75) is 18.4 Å². The zero-order valence-corrected chi connectivity index (χ0v) is 11.9. The largest absolute Gasteiger partial charge is 0.505 e. The molecule has 0 radical (unpaired) electrons. The van der Waals surface area contributed by atoms with Crippen LogP contribution in [0.1, 0.15) is 23.3 Å². The summed E-state index contributed by atoms with van der Waals surface area (Å²) in [6.45, 7) is 1.34. The highest BCUT2D eigenvalue weighted by Gasteiger charge is 2.36. The van der Waals surface area contributed by atoms with Crippen molar-refractivity contribution in [2.75, 3.05) is 33.7 Å². The molecule has 0 aromatic carbocycles. The van der Waals surface area contributed by atoms with Gasteiger partial charge in [0.05, 0.1) is 12.1 Å². The number of likely N-dealkylation sites (tertiary alicyclic amines) is 1. The van der Waals surface area contributed by atoms with E-state index in [1.165, 1.54) is 12.3 Å². The quantitative estimate of drug-likeness (QED) is 0.833. The van der Waals surface area contributed by atoms with Gasteiger partial charge in [-0.2, -0.15) is 0 Å². The van der Waals surface area contributed by atoms with E-state index >= 15 is 0 Å². The number of likely N-dealkylation sites (N-methyl/N-ethyl adjacent to an activating group) is 1. The zero-order chi connectivity index (χ0) is 14.8. The molecule has 1 aliphatic heterocycles. The Morgan fingerprint density at radius 1 is 1.55 bits per heavy atom. The summed E-state index contributed by atoms with van der Waals surface area (Å²) in [5, 5.41) is 20.3. The monoisotopic (exact) mass is 279 g/mol. The average molecular weight is 279 g/mol. The normalized spacial score (nSPS) is 23.1. The molecule has 1 aromatic rings. The Morgan fingerprint density at radius 3 is 2.95 bits per heavy atom. The van der Waals surface area contributed by atoms with Crippen LogP contribution in [0.3, 0.4) is 0 Å². The molecular formula is C14H21N3O3. The summed E-state index contributed by atoms with van der Waals surface area (Å²) in [5.74, 6) is -0.459. The van der Waals surface area contributed by atoms with Crippen molar-refractivity contribution in [3.63, 3.8) is 0 Å². The molecule has 6 nitrogen and oxygen atoms in total. The van der Waals surface area contributed by atoms with Gasteiger partial charge in [-0.3, -0.25) is 4.79 Å². The molecule has 20 heavy (non-hydrogen) atoms. The van der Waals surface area contributed by atoms with Crippen molar-refractivity contribution in [3.05, 3.63) is 24.0 Å². The van der Waals surface area contributed by atoms with Gasteiger partial charge in [-0.25, -0.2) is 4.98 Å². The molecule has 2 rings (SSSR count). The van der Waals surface area contributed by atoms with Gasteiger partial charge in [-0.05, 0) is 39.1 Å². The smallest absolute Gasteiger partial charge is 0.276 e. The van der Waals surface area contributed by atoms with E-state index in [1.54, 1.807) is 11.0 Å². The Bertz CT molecular complexity index is 492. The molecule has 1 aliphatic rings. The van der Waals surface area contributed by atoms with E-state index in [1.807, 2.05) is 19.0 Å². The lowest BCUT2D eigenvalue weighted by Gasteiger charge is -2.40. The van der Waals surface area contributed by atoms with Crippen LogP contribution in [0.2, 0.25) is 0 Å². The molecule has 1 amide bonds. The van der Waals surface area contributed by atoms with Crippen LogP contribution in [0.25, 0.3) is 0 Å². The van der Waals surface area contributed by atoms with Crippen molar-refractivity contribution in [3.8, 4) is 5.75 Å². The van der Waals surface area contributed by atoms with Crippen LogP contribution in [0, 0.1) is 0 Å². The number of aliphatic hydroxyl groups is 1. The van der Waals surface area contributed by atoms with E-state index in [0.29, 0.717) is 19.5 Å². The van der Waals surface area contributed by atoms with Crippen LogP contribution >= 0.6 is 0 Å². The molecule has 2 heterocycles. The molecule has 0 aliphatic carbocycles. The molecule has 0 saturated carbocycles. The minimum Gasteiger partial charge on any atom is -0.505 e. The number of amides is 1. The molecule has 1 fully saturated rings. The SMILES string of the molecule is CN(C)C[C@]1(O)CCCN(C(=O)c2ncccc2O)C1. The second-order valence-electron chi connectivity index (χ2n) is 5.66. The Labute approximate surface area is 118 Å². The molecule has 110 valence electrons.